The molecule has 0 aliphatic carbocycles. The first kappa shape index (κ1) is 37.3. The molecule has 254 valence electrons. The van der Waals surface area contributed by atoms with E-state index in [9.17, 15) is 14.4 Å². The van der Waals surface area contributed by atoms with E-state index in [1.807, 2.05) is 63.3 Å². The molecule has 1 aromatic carbocycles. The predicted octanol–water partition coefficient (Wildman–Crippen LogP) is 8.44. The van der Waals surface area contributed by atoms with E-state index in [0.29, 0.717) is 12.0 Å². The molecule has 0 aromatic heterocycles. The van der Waals surface area contributed by atoms with Crippen molar-refractivity contribution in [3.05, 3.63) is 71.8 Å². The molecule has 2 aliphatic heterocycles. The Hall–Kier alpha value is -3.19. The van der Waals surface area contributed by atoms with Crippen LogP contribution >= 0.6 is 0 Å². The van der Waals surface area contributed by atoms with E-state index in [-0.39, 0.29) is 71.4 Å². The Labute approximate surface area is 276 Å². The lowest BCUT2D eigenvalue weighted by Crippen LogP contribution is -2.34. The van der Waals surface area contributed by atoms with Crippen LogP contribution in [0.4, 0.5) is 0 Å². The van der Waals surface area contributed by atoms with Crippen LogP contribution in [-0.4, -0.2) is 48.4 Å². The second kappa shape index (κ2) is 17.1. The number of carbonyl (C=O) groups excluding carboxylic acids is 3. The van der Waals surface area contributed by atoms with Gasteiger partial charge in [0.15, 0.2) is 0 Å². The number of rotatable bonds is 11. The summed E-state index contributed by atoms with van der Waals surface area (Å²) in [5, 5.41) is 0. The lowest BCUT2D eigenvalue weighted by molar-refractivity contribution is -0.150. The maximum absolute atomic E-state index is 12.9. The topological polar surface area (TPSA) is 91.4 Å². The molecular weight excluding hydrogens is 580 g/mol. The number of epoxide rings is 1. The number of allylic oxidation sites excluding steroid dienone is 3. The molecule has 0 bridgehead atoms. The van der Waals surface area contributed by atoms with Crippen LogP contribution in [0.15, 0.2) is 66.3 Å². The quantitative estimate of drug-likeness (QED) is 0.0791. The molecule has 0 radical (unpaired) electrons. The zero-order valence-corrected chi connectivity index (χ0v) is 29.4. The van der Waals surface area contributed by atoms with Gasteiger partial charge in [-0.3, -0.25) is 9.59 Å². The summed E-state index contributed by atoms with van der Waals surface area (Å²) >= 11 is 0. The smallest absolute Gasteiger partial charge is 0.338 e. The first-order valence-corrected chi connectivity index (χ1v) is 17.0. The van der Waals surface area contributed by atoms with E-state index < -0.39 is 6.10 Å². The van der Waals surface area contributed by atoms with Crippen molar-refractivity contribution in [1.82, 2.24) is 0 Å². The van der Waals surface area contributed by atoms with Gasteiger partial charge in [0.25, 0.3) is 0 Å². The third kappa shape index (κ3) is 11.3. The lowest BCUT2D eigenvalue weighted by Gasteiger charge is -2.34. The number of ether oxygens (including phenoxy) is 4. The molecular formula is C39H56O7. The van der Waals surface area contributed by atoms with Crippen molar-refractivity contribution in [3.63, 3.8) is 0 Å². The molecule has 0 spiro atoms. The van der Waals surface area contributed by atoms with Crippen LogP contribution in [0, 0.1) is 29.1 Å². The summed E-state index contributed by atoms with van der Waals surface area (Å²) < 4.78 is 23.7. The molecule has 1 saturated heterocycles. The van der Waals surface area contributed by atoms with Gasteiger partial charge in [-0.05, 0) is 68.2 Å². The average molecular weight is 637 g/mol. The zero-order chi connectivity index (χ0) is 34.0. The number of cyclic esters (lactones) is 1. The molecule has 7 heteroatoms. The number of hydrogen-bond acceptors (Lipinski definition) is 7. The fraction of sp³-hybridized carbons (Fsp3) is 0.615. The Morgan fingerprint density at radius 3 is 2.43 bits per heavy atom. The fourth-order valence-corrected chi connectivity index (χ4v) is 6.27. The van der Waals surface area contributed by atoms with Crippen LogP contribution in [-0.2, 0) is 28.5 Å². The zero-order valence-electron chi connectivity index (χ0n) is 29.4. The fourth-order valence-electron chi connectivity index (χ4n) is 6.27. The highest BCUT2D eigenvalue weighted by atomic mass is 16.6. The third-order valence-electron chi connectivity index (χ3n) is 9.43. The number of esters is 3. The van der Waals surface area contributed by atoms with E-state index in [4.69, 9.17) is 18.9 Å². The molecule has 0 amide bonds. The molecule has 9 atom stereocenters. The van der Waals surface area contributed by atoms with Crippen LogP contribution in [0.2, 0.25) is 0 Å². The Bertz CT molecular complexity index is 1250. The van der Waals surface area contributed by atoms with E-state index in [1.54, 1.807) is 12.1 Å². The second-order valence-electron chi connectivity index (χ2n) is 14.2. The number of hydrogen-bond donors (Lipinski definition) is 0. The highest BCUT2D eigenvalue weighted by Crippen LogP contribution is 2.38. The van der Waals surface area contributed by atoms with Gasteiger partial charge in [0.1, 0.15) is 18.3 Å². The Morgan fingerprint density at radius 2 is 1.78 bits per heavy atom. The van der Waals surface area contributed by atoms with Gasteiger partial charge in [0.2, 0.25) is 0 Å². The summed E-state index contributed by atoms with van der Waals surface area (Å²) in [6, 6.07) is 9.09. The van der Waals surface area contributed by atoms with Crippen molar-refractivity contribution in [1.29, 1.82) is 0 Å². The first-order valence-electron chi connectivity index (χ1n) is 17.0. The average Bonchev–Trinajstić information content (AvgIpc) is 3.77. The largest absolute Gasteiger partial charge is 0.458 e. The summed E-state index contributed by atoms with van der Waals surface area (Å²) in [6.45, 7) is 18.0. The Morgan fingerprint density at radius 1 is 1.09 bits per heavy atom. The summed E-state index contributed by atoms with van der Waals surface area (Å²) in [6.07, 6.45) is 13.0. The van der Waals surface area contributed by atoms with E-state index in [1.165, 1.54) is 6.92 Å². The third-order valence-corrected chi connectivity index (χ3v) is 9.43. The molecule has 1 aromatic rings. The maximum Gasteiger partial charge on any atom is 0.338 e. The van der Waals surface area contributed by atoms with Crippen LogP contribution < -0.4 is 0 Å². The van der Waals surface area contributed by atoms with Gasteiger partial charge in [0.05, 0.1) is 17.8 Å². The minimum absolute atomic E-state index is 0.0631. The number of carbonyl (C=O) groups is 3. The highest BCUT2D eigenvalue weighted by Gasteiger charge is 2.46. The van der Waals surface area contributed by atoms with Crippen LogP contribution in [0.3, 0.4) is 0 Å². The predicted molar refractivity (Wildman–Crippen MR) is 181 cm³/mol. The highest BCUT2D eigenvalue weighted by molar-refractivity contribution is 5.89. The minimum atomic E-state index is -0.432. The normalized spacial score (nSPS) is 29.8. The van der Waals surface area contributed by atoms with Crippen LogP contribution in [0.5, 0.6) is 0 Å². The summed E-state index contributed by atoms with van der Waals surface area (Å²) in [4.78, 5) is 37.4. The van der Waals surface area contributed by atoms with Gasteiger partial charge in [0, 0.05) is 30.6 Å². The molecule has 9 unspecified atom stereocenters. The first-order chi connectivity index (χ1) is 21.7. The SMILES string of the molecule is CCC(OC(=O)c1ccccc1)C(C)C1OC1CC(C)/C=C/C=C(\C)C1OC(=O)CC(C)CCC(C)(C)C(OC(C)=O)/C=C/C1C. The van der Waals surface area contributed by atoms with E-state index in [2.05, 4.69) is 40.7 Å². The monoisotopic (exact) mass is 636 g/mol. The van der Waals surface area contributed by atoms with Crippen molar-refractivity contribution in [3.8, 4) is 0 Å². The molecule has 0 N–H and O–H groups in total. The van der Waals surface area contributed by atoms with Gasteiger partial charge in [-0.25, -0.2) is 4.79 Å². The summed E-state index contributed by atoms with van der Waals surface area (Å²) in [7, 11) is 0. The van der Waals surface area contributed by atoms with Gasteiger partial charge in [-0.15, -0.1) is 0 Å². The van der Waals surface area contributed by atoms with Crippen LogP contribution in [0.1, 0.15) is 105 Å². The lowest BCUT2D eigenvalue weighted by atomic mass is 9.78. The van der Waals surface area contributed by atoms with Crippen molar-refractivity contribution >= 4 is 17.9 Å². The van der Waals surface area contributed by atoms with Gasteiger partial charge >= 0.3 is 17.9 Å². The van der Waals surface area contributed by atoms with Gasteiger partial charge in [-0.1, -0.05) is 91.0 Å². The van der Waals surface area contributed by atoms with Crippen molar-refractivity contribution < 1.29 is 33.3 Å². The molecule has 46 heavy (non-hydrogen) atoms. The van der Waals surface area contributed by atoms with Crippen molar-refractivity contribution in [2.75, 3.05) is 0 Å². The molecule has 7 nitrogen and oxygen atoms in total. The molecule has 2 aliphatic rings. The Kier molecular flexibility index (Phi) is 13.9. The van der Waals surface area contributed by atoms with Gasteiger partial charge < -0.3 is 18.9 Å². The second-order valence-corrected chi connectivity index (χ2v) is 14.2. The minimum Gasteiger partial charge on any atom is -0.458 e. The van der Waals surface area contributed by atoms with Crippen molar-refractivity contribution in [2.45, 2.75) is 125 Å². The standard InChI is InChI=1S/C39H56O7/c1-10-32(45-38(42)31-17-12-11-13-18-31)29(6)37-33(44-37)23-25(2)15-14-16-27(4)36-28(5)19-20-34(43-30(7)40)39(8,9)22-21-26(3)24-35(41)46-36/h11-20,25-26,28-29,32-34,36-37H,10,21-24H2,1-9H3/b15-14+,20-19+,27-16+. The molecule has 3 rings (SSSR count). The molecule has 2 heterocycles. The maximum atomic E-state index is 12.9. The van der Waals surface area contributed by atoms with Crippen LogP contribution in [0.25, 0.3) is 0 Å². The Balaban J connectivity index is 1.62. The molecule has 0 saturated carbocycles. The summed E-state index contributed by atoms with van der Waals surface area (Å²) in [5.41, 5.74) is 1.25. The molecule has 1 fully saturated rings. The summed E-state index contributed by atoms with van der Waals surface area (Å²) in [5.74, 6) is -0.379. The van der Waals surface area contributed by atoms with Crippen molar-refractivity contribution in [2.24, 2.45) is 29.1 Å². The number of benzene rings is 1. The van der Waals surface area contributed by atoms with Gasteiger partial charge in [-0.2, -0.15) is 0 Å². The van der Waals surface area contributed by atoms with E-state index >= 15 is 0 Å². The van der Waals surface area contributed by atoms with E-state index in [0.717, 1.165) is 31.3 Å².